The normalized spacial score (nSPS) is 17.7. The lowest BCUT2D eigenvalue weighted by atomic mass is 9.79. The van der Waals surface area contributed by atoms with Crippen LogP contribution in [0.4, 0.5) is 5.69 Å². The van der Waals surface area contributed by atoms with Crippen molar-refractivity contribution in [3.05, 3.63) is 64.7 Å². The zero-order chi connectivity index (χ0) is 14.1. The molecule has 0 spiro atoms. The molecule has 108 valence electrons. The van der Waals surface area contributed by atoms with Crippen LogP contribution in [0.1, 0.15) is 53.9 Å². The molecule has 0 radical (unpaired) electrons. The van der Waals surface area contributed by atoms with Crippen molar-refractivity contribution < 1.29 is 0 Å². The molecule has 4 rings (SSSR count). The summed E-state index contributed by atoms with van der Waals surface area (Å²) in [5.41, 5.74) is 7.30. The van der Waals surface area contributed by atoms with Crippen molar-refractivity contribution in [2.24, 2.45) is 0 Å². The fraction of sp³-hybridized carbons (Fsp3) is 0.400. The van der Waals surface area contributed by atoms with Crippen LogP contribution >= 0.6 is 0 Å². The summed E-state index contributed by atoms with van der Waals surface area (Å²) < 4.78 is 0. The zero-order valence-electron chi connectivity index (χ0n) is 12.6. The van der Waals surface area contributed by atoms with Gasteiger partial charge in [-0.1, -0.05) is 42.8 Å². The van der Waals surface area contributed by atoms with Crippen LogP contribution in [0.25, 0.3) is 0 Å². The minimum absolute atomic E-state index is 0.831. The molecule has 1 saturated carbocycles. The molecule has 0 atom stereocenters. The molecule has 1 aliphatic heterocycles. The monoisotopic (exact) mass is 277 g/mol. The number of fused-ring (bicyclic) bond motifs is 1. The molecule has 1 heterocycles. The van der Waals surface area contributed by atoms with Gasteiger partial charge in [0, 0.05) is 12.2 Å². The van der Waals surface area contributed by atoms with Gasteiger partial charge in [-0.3, -0.25) is 0 Å². The Morgan fingerprint density at radius 1 is 0.952 bits per heavy atom. The second-order valence-electron chi connectivity index (χ2n) is 6.57. The van der Waals surface area contributed by atoms with Gasteiger partial charge in [0.25, 0.3) is 0 Å². The van der Waals surface area contributed by atoms with Crippen LogP contribution < -0.4 is 5.32 Å². The fourth-order valence-electron chi connectivity index (χ4n) is 3.57. The molecule has 0 saturated heterocycles. The van der Waals surface area contributed by atoms with Crippen molar-refractivity contribution in [3.8, 4) is 0 Å². The van der Waals surface area contributed by atoms with Crippen molar-refractivity contribution >= 4 is 5.69 Å². The first kappa shape index (κ1) is 12.9. The molecule has 2 aliphatic rings. The largest absolute Gasteiger partial charge is 0.385 e. The Hall–Kier alpha value is -1.76. The minimum Gasteiger partial charge on any atom is -0.385 e. The summed E-state index contributed by atoms with van der Waals surface area (Å²) in [5.74, 6) is 0.831. The number of benzene rings is 2. The molecule has 0 aromatic heterocycles. The lowest BCUT2D eigenvalue weighted by Gasteiger charge is -2.26. The standard InChI is InChI=1S/C20H23N/c1-4-15(13-18(7-1)17-5-2-6-17)12-16-9-10-20-19(14-16)8-3-11-21-20/h1,4,7,9-10,13-14,17,21H,2-3,5-6,8,11-12H2. The summed E-state index contributed by atoms with van der Waals surface area (Å²) in [6.07, 6.45) is 7.72. The van der Waals surface area contributed by atoms with E-state index in [1.54, 1.807) is 5.56 Å². The molecular formula is C20H23N. The van der Waals surface area contributed by atoms with Crippen molar-refractivity contribution in [1.82, 2.24) is 0 Å². The van der Waals surface area contributed by atoms with Crippen LogP contribution in [-0.4, -0.2) is 6.54 Å². The third-order valence-corrected chi connectivity index (χ3v) is 5.04. The van der Waals surface area contributed by atoms with Crippen molar-refractivity contribution in [2.75, 3.05) is 11.9 Å². The van der Waals surface area contributed by atoms with E-state index < -0.39 is 0 Å². The van der Waals surface area contributed by atoms with E-state index >= 15 is 0 Å². The quantitative estimate of drug-likeness (QED) is 0.841. The first-order chi connectivity index (χ1) is 10.4. The maximum atomic E-state index is 3.49. The Morgan fingerprint density at radius 2 is 1.86 bits per heavy atom. The number of rotatable bonds is 3. The second kappa shape index (κ2) is 5.55. The number of hydrogen-bond acceptors (Lipinski definition) is 1. The highest BCUT2D eigenvalue weighted by atomic mass is 14.9. The summed E-state index contributed by atoms with van der Waals surface area (Å²) in [4.78, 5) is 0. The molecule has 1 aliphatic carbocycles. The Bertz CT molecular complexity index is 640. The number of hydrogen-bond donors (Lipinski definition) is 1. The van der Waals surface area contributed by atoms with E-state index in [2.05, 4.69) is 47.8 Å². The van der Waals surface area contributed by atoms with E-state index in [-0.39, 0.29) is 0 Å². The third kappa shape index (κ3) is 2.70. The molecule has 0 bridgehead atoms. The Kier molecular flexibility index (Phi) is 3.42. The van der Waals surface area contributed by atoms with Crippen molar-refractivity contribution in [3.63, 3.8) is 0 Å². The third-order valence-electron chi connectivity index (χ3n) is 5.04. The molecule has 1 fully saturated rings. The van der Waals surface area contributed by atoms with Gasteiger partial charge in [0.1, 0.15) is 0 Å². The Morgan fingerprint density at radius 3 is 2.71 bits per heavy atom. The predicted octanol–water partition coefficient (Wildman–Crippen LogP) is 4.90. The molecule has 1 N–H and O–H groups in total. The maximum Gasteiger partial charge on any atom is 0.0372 e. The van der Waals surface area contributed by atoms with E-state index in [0.717, 1.165) is 18.9 Å². The fourth-order valence-corrected chi connectivity index (χ4v) is 3.57. The number of anilines is 1. The molecule has 1 nitrogen and oxygen atoms in total. The highest BCUT2D eigenvalue weighted by molar-refractivity contribution is 5.54. The summed E-state index contributed by atoms with van der Waals surface area (Å²) in [6.45, 7) is 1.12. The molecule has 21 heavy (non-hydrogen) atoms. The van der Waals surface area contributed by atoms with Crippen LogP contribution in [0.15, 0.2) is 42.5 Å². The van der Waals surface area contributed by atoms with Gasteiger partial charge in [-0.15, -0.1) is 0 Å². The predicted molar refractivity (Wildman–Crippen MR) is 89.1 cm³/mol. The summed E-state index contributed by atoms with van der Waals surface area (Å²) in [7, 11) is 0. The molecular weight excluding hydrogens is 254 g/mol. The average molecular weight is 277 g/mol. The topological polar surface area (TPSA) is 12.0 Å². The van der Waals surface area contributed by atoms with E-state index in [0.29, 0.717) is 0 Å². The van der Waals surface area contributed by atoms with E-state index in [1.807, 2.05) is 0 Å². The molecule has 2 aromatic carbocycles. The summed E-state index contributed by atoms with van der Waals surface area (Å²) >= 11 is 0. The SMILES string of the molecule is c1cc(Cc2ccc3c(c2)CCCN3)cc(C2CCC2)c1. The number of nitrogens with one attached hydrogen (secondary N) is 1. The van der Waals surface area contributed by atoms with Crippen LogP contribution in [0.3, 0.4) is 0 Å². The first-order valence-corrected chi connectivity index (χ1v) is 8.33. The van der Waals surface area contributed by atoms with Gasteiger partial charge in [-0.25, -0.2) is 0 Å². The van der Waals surface area contributed by atoms with Gasteiger partial charge in [-0.05, 0) is 66.3 Å². The Labute approximate surface area is 127 Å². The summed E-state index contributed by atoms with van der Waals surface area (Å²) in [5, 5.41) is 3.49. The molecule has 2 aromatic rings. The van der Waals surface area contributed by atoms with Crippen LogP contribution in [0.2, 0.25) is 0 Å². The van der Waals surface area contributed by atoms with Crippen LogP contribution in [-0.2, 0) is 12.8 Å². The zero-order valence-corrected chi connectivity index (χ0v) is 12.6. The van der Waals surface area contributed by atoms with E-state index in [1.165, 1.54) is 54.5 Å². The average Bonchev–Trinajstić information content (AvgIpc) is 2.46. The van der Waals surface area contributed by atoms with Gasteiger partial charge in [-0.2, -0.15) is 0 Å². The van der Waals surface area contributed by atoms with Gasteiger partial charge in [0.05, 0.1) is 0 Å². The number of aryl methyl sites for hydroxylation is 1. The lowest BCUT2D eigenvalue weighted by molar-refractivity contribution is 0.419. The highest BCUT2D eigenvalue weighted by Gasteiger charge is 2.19. The molecule has 1 heteroatoms. The smallest absolute Gasteiger partial charge is 0.0372 e. The van der Waals surface area contributed by atoms with Gasteiger partial charge in [0.2, 0.25) is 0 Å². The highest BCUT2D eigenvalue weighted by Crippen LogP contribution is 2.36. The van der Waals surface area contributed by atoms with Gasteiger partial charge >= 0.3 is 0 Å². The van der Waals surface area contributed by atoms with E-state index in [4.69, 9.17) is 0 Å². The lowest BCUT2D eigenvalue weighted by Crippen LogP contribution is -2.11. The van der Waals surface area contributed by atoms with E-state index in [9.17, 15) is 0 Å². The first-order valence-electron chi connectivity index (χ1n) is 8.33. The Balaban J connectivity index is 1.55. The van der Waals surface area contributed by atoms with Gasteiger partial charge < -0.3 is 5.32 Å². The molecule has 0 amide bonds. The van der Waals surface area contributed by atoms with Gasteiger partial charge in [0.15, 0.2) is 0 Å². The molecule has 0 unspecified atom stereocenters. The van der Waals surface area contributed by atoms with Crippen molar-refractivity contribution in [1.29, 1.82) is 0 Å². The maximum absolute atomic E-state index is 3.49. The van der Waals surface area contributed by atoms with Crippen LogP contribution in [0, 0.1) is 0 Å². The second-order valence-corrected chi connectivity index (χ2v) is 6.57. The summed E-state index contributed by atoms with van der Waals surface area (Å²) in [6, 6.07) is 16.2. The van der Waals surface area contributed by atoms with Crippen LogP contribution in [0.5, 0.6) is 0 Å². The minimum atomic E-state index is 0.831. The van der Waals surface area contributed by atoms with Crippen molar-refractivity contribution in [2.45, 2.75) is 44.4 Å².